The molecule has 0 unspecified atom stereocenters. The van der Waals surface area contributed by atoms with Gasteiger partial charge >= 0.3 is 0 Å². The van der Waals surface area contributed by atoms with Crippen LogP contribution in [0.15, 0.2) is 223 Å². The third-order valence-electron chi connectivity index (χ3n) is 11.9. The summed E-state index contributed by atoms with van der Waals surface area (Å²) in [4.78, 5) is 15.1. The molecule has 5 heteroatoms. The number of nitrogens with zero attached hydrogens (tertiary/aromatic N) is 4. The van der Waals surface area contributed by atoms with E-state index in [4.69, 9.17) is 19.4 Å². The average molecular weight is 793 g/mol. The number of fused-ring (bicyclic) bond motifs is 6. The Morgan fingerprint density at radius 2 is 0.694 bits per heavy atom. The van der Waals surface area contributed by atoms with E-state index in [1.54, 1.807) is 0 Å². The van der Waals surface area contributed by atoms with Gasteiger partial charge in [-0.05, 0) is 69.8 Å². The Bertz CT molecular complexity index is 3480. The van der Waals surface area contributed by atoms with E-state index in [0.29, 0.717) is 17.5 Å². The van der Waals surface area contributed by atoms with E-state index in [0.717, 1.165) is 72.1 Å². The highest BCUT2D eigenvalue weighted by Crippen LogP contribution is 2.39. The Morgan fingerprint density at radius 1 is 0.274 bits per heavy atom. The van der Waals surface area contributed by atoms with Crippen molar-refractivity contribution in [3.05, 3.63) is 218 Å². The zero-order valence-electron chi connectivity index (χ0n) is 33.5. The van der Waals surface area contributed by atoms with Crippen LogP contribution in [-0.4, -0.2) is 19.5 Å². The molecule has 9 aromatic carbocycles. The molecule has 62 heavy (non-hydrogen) atoms. The van der Waals surface area contributed by atoms with E-state index in [1.807, 2.05) is 12.1 Å². The maximum atomic E-state index is 6.64. The number of hydrogen-bond donors (Lipinski definition) is 0. The maximum Gasteiger partial charge on any atom is 0.164 e. The summed E-state index contributed by atoms with van der Waals surface area (Å²) < 4.78 is 8.96. The smallest absolute Gasteiger partial charge is 0.164 e. The zero-order valence-corrected chi connectivity index (χ0v) is 33.5. The van der Waals surface area contributed by atoms with Gasteiger partial charge in [0.05, 0.1) is 11.0 Å². The van der Waals surface area contributed by atoms with Crippen molar-refractivity contribution < 1.29 is 4.42 Å². The van der Waals surface area contributed by atoms with Crippen molar-refractivity contribution in [1.82, 2.24) is 19.5 Å². The van der Waals surface area contributed by atoms with Gasteiger partial charge in [0.25, 0.3) is 0 Å². The van der Waals surface area contributed by atoms with Crippen LogP contribution in [0.25, 0.3) is 117 Å². The number of aromatic nitrogens is 4. The fraction of sp³-hybridized carbons (Fsp3) is 0. The standard InChI is InChI=1S/C57H36N4O/c1-4-12-37(13-5-1)39-20-26-42(27-21-39)55-58-56(43-28-22-40(23-29-43)38-14-6-2-7-15-38)60-57(59-55)44-30-24-41(25-31-44)45-32-33-48-50-35-49-47-18-10-11-19-51(47)61(46-16-8-3-9-17-46)52(49)36-54(50)62-53(48)34-45/h1-36H. The van der Waals surface area contributed by atoms with Crippen LogP contribution in [0, 0.1) is 0 Å². The molecule has 12 rings (SSSR count). The van der Waals surface area contributed by atoms with Crippen LogP contribution in [0.1, 0.15) is 0 Å². The number of rotatable bonds is 7. The monoisotopic (exact) mass is 792 g/mol. The Kier molecular flexibility index (Phi) is 8.42. The molecule has 12 aromatic rings. The predicted molar refractivity (Wildman–Crippen MR) is 254 cm³/mol. The summed E-state index contributed by atoms with van der Waals surface area (Å²) >= 11 is 0. The molecular formula is C57H36N4O. The minimum absolute atomic E-state index is 0.614. The van der Waals surface area contributed by atoms with Crippen LogP contribution < -0.4 is 0 Å². The Labute approximate surface area is 357 Å². The minimum atomic E-state index is 0.614. The Morgan fingerprint density at radius 3 is 1.24 bits per heavy atom. The van der Waals surface area contributed by atoms with Crippen molar-refractivity contribution in [2.75, 3.05) is 0 Å². The van der Waals surface area contributed by atoms with Gasteiger partial charge in [0, 0.05) is 50.0 Å². The van der Waals surface area contributed by atoms with Gasteiger partial charge in [-0.25, -0.2) is 15.0 Å². The molecule has 290 valence electrons. The van der Waals surface area contributed by atoms with E-state index < -0.39 is 0 Å². The second-order valence-electron chi connectivity index (χ2n) is 15.6. The summed E-state index contributed by atoms with van der Waals surface area (Å²) in [6, 6.07) is 76.2. The molecule has 0 aliphatic heterocycles. The van der Waals surface area contributed by atoms with Crippen LogP contribution in [0.3, 0.4) is 0 Å². The second-order valence-corrected chi connectivity index (χ2v) is 15.6. The van der Waals surface area contributed by atoms with Crippen molar-refractivity contribution in [2.24, 2.45) is 0 Å². The first kappa shape index (κ1) is 35.5. The third-order valence-corrected chi connectivity index (χ3v) is 11.9. The lowest BCUT2D eigenvalue weighted by Crippen LogP contribution is -2.00. The van der Waals surface area contributed by atoms with E-state index >= 15 is 0 Å². The van der Waals surface area contributed by atoms with Crippen LogP contribution in [0.2, 0.25) is 0 Å². The molecule has 0 radical (unpaired) electrons. The average Bonchev–Trinajstić information content (AvgIpc) is 3.88. The zero-order chi connectivity index (χ0) is 41.0. The molecule has 3 heterocycles. The second kappa shape index (κ2) is 14.7. The summed E-state index contributed by atoms with van der Waals surface area (Å²) in [6.45, 7) is 0. The molecule has 5 nitrogen and oxygen atoms in total. The number of hydrogen-bond acceptors (Lipinski definition) is 4. The summed E-state index contributed by atoms with van der Waals surface area (Å²) in [5, 5.41) is 4.63. The van der Waals surface area contributed by atoms with Gasteiger partial charge in [-0.1, -0.05) is 176 Å². The number of benzene rings is 9. The molecule has 0 saturated carbocycles. The minimum Gasteiger partial charge on any atom is -0.456 e. The molecule has 0 atom stereocenters. The van der Waals surface area contributed by atoms with Crippen molar-refractivity contribution in [3.8, 4) is 73.2 Å². The maximum absolute atomic E-state index is 6.64. The molecule has 0 aliphatic carbocycles. The summed E-state index contributed by atoms with van der Waals surface area (Å²) in [6.07, 6.45) is 0. The van der Waals surface area contributed by atoms with E-state index in [-0.39, 0.29) is 0 Å². The van der Waals surface area contributed by atoms with Crippen LogP contribution >= 0.6 is 0 Å². The van der Waals surface area contributed by atoms with Gasteiger partial charge < -0.3 is 8.98 Å². The molecule has 0 N–H and O–H groups in total. The SMILES string of the molecule is c1ccc(-c2ccc(-c3nc(-c4ccc(-c5ccccc5)cc4)nc(-c4ccc(-c5ccc6c(c5)oc5cc7c(cc56)c5ccccc5n7-c5ccccc5)cc4)n3)cc2)cc1. The van der Waals surface area contributed by atoms with Gasteiger partial charge in [-0.15, -0.1) is 0 Å². The number of para-hydroxylation sites is 2. The molecule has 0 saturated heterocycles. The van der Waals surface area contributed by atoms with Crippen molar-refractivity contribution in [3.63, 3.8) is 0 Å². The third kappa shape index (κ3) is 6.23. The molecular weight excluding hydrogens is 757 g/mol. The Hall–Kier alpha value is -8.41. The van der Waals surface area contributed by atoms with Gasteiger partial charge in [0.15, 0.2) is 17.5 Å². The lowest BCUT2D eigenvalue weighted by Gasteiger charge is -2.10. The van der Waals surface area contributed by atoms with Gasteiger partial charge in [-0.3, -0.25) is 0 Å². The topological polar surface area (TPSA) is 56.7 Å². The molecule has 0 amide bonds. The molecule has 0 aliphatic rings. The quantitative estimate of drug-likeness (QED) is 0.161. The van der Waals surface area contributed by atoms with E-state index in [9.17, 15) is 0 Å². The highest BCUT2D eigenvalue weighted by molar-refractivity contribution is 6.17. The predicted octanol–water partition coefficient (Wildman–Crippen LogP) is 14.9. The van der Waals surface area contributed by atoms with E-state index in [1.165, 1.54) is 27.4 Å². The Balaban J connectivity index is 0.908. The first-order valence-electron chi connectivity index (χ1n) is 20.8. The molecule has 3 aromatic heterocycles. The highest BCUT2D eigenvalue weighted by atomic mass is 16.3. The van der Waals surface area contributed by atoms with Crippen molar-refractivity contribution in [2.45, 2.75) is 0 Å². The largest absolute Gasteiger partial charge is 0.456 e. The fourth-order valence-electron chi connectivity index (χ4n) is 8.73. The molecule has 0 bridgehead atoms. The van der Waals surface area contributed by atoms with Crippen LogP contribution in [0.5, 0.6) is 0 Å². The fourth-order valence-corrected chi connectivity index (χ4v) is 8.73. The van der Waals surface area contributed by atoms with Gasteiger partial charge in [-0.2, -0.15) is 0 Å². The van der Waals surface area contributed by atoms with Crippen LogP contribution in [-0.2, 0) is 0 Å². The van der Waals surface area contributed by atoms with Crippen LogP contribution in [0.4, 0.5) is 0 Å². The number of furan rings is 1. The first-order valence-corrected chi connectivity index (χ1v) is 20.8. The van der Waals surface area contributed by atoms with Gasteiger partial charge in [0.2, 0.25) is 0 Å². The van der Waals surface area contributed by atoms with Gasteiger partial charge in [0.1, 0.15) is 11.2 Å². The normalized spacial score (nSPS) is 11.5. The lowest BCUT2D eigenvalue weighted by atomic mass is 10.0. The summed E-state index contributed by atoms with van der Waals surface area (Å²) in [7, 11) is 0. The lowest BCUT2D eigenvalue weighted by molar-refractivity contribution is 0.669. The molecule has 0 fully saturated rings. The molecule has 0 spiro atoms. The van der Waals surface area contributed by atoms with Crippen molar-refractivity contribution in [1.29, 1.82) is 0 Å². The van der Waals surface area contributed by atoms with E-state index in [2.05, 4.69) is 211 Å². The van der Waals surface area contributed by atoms with Crippen molar-refractivity contribution >= 4 is 43.7 Å². The summed E-state index contributed by atoms with van der Waals surface area (Å²) in [5.41, 5.74) is 14.7. The highest BCUT2D eigenvalue weighted by Gasteiger charge is 2.18. The first-order chi connectivity index (χ1) is 30.7. The summed E-state index contributed by atoms with van der Waals surface area (Å²) in [5.74, 6) is 1.86.